The molecule has 0 spiro atoms. The molecule has 3 atom stereocenters. The third kappa shape index (κ3) is 2.90. The van der Waals surface area contributed by atoms with Crippen LogP contribution in [0.15, 0.2) is 0 Å². The average Bonchev–Trinajstić information content (AvgIpc) is 2.84. The van der Waals surface area contributed by atoms with Crippen LogP contribution in [0.3, 0.4) is 0 Å². The van der Waals surface area contributed by atoms with E-state index in [4.69, 9.17) is 4.74 Å². The maximum Gasteiger partial charge on any atom is 0.237 e. The Kier molecular flexibility index (Phi) is 3.56. The fraction of sp³-hybridized carbons (Fsp3) is 0.900. The monoisotopic (exact) mass is 214 g/mol. The summed E-state index contributed by atoms with van der Waals surface area (Å²) in [4.78, 5) is 11.6. The minimum atomic E-state index is -0.379. The number of carbonyl (C=O) groups excluding carboxylic acids is 1. The first kappa shape index (κ1) is 10.9. The van der Waals surface area contributed by atoms with Crippen LogP contribution in [-0.2, 0) is 9.53 Å². The van der Waals surface area contributed by atoms with Gasteiger partial charge in [-0.25, -0.2) is 0 Å². The molecule has 0 aromatic rings. The van der Waals surface area contributed by atoms with Gasteiger partial charge in [-0.15, -0.1) is 0 Å². The van der Waals surface area contributed by atoms with Gasteiger partial charge in [0.15, 0.2) is 0 Å². The van der Waals surface area contributed by atoms with E-state index in [1.807, 2.05) is 0 Å². The largest absolute Gasteiger partial charge is 0.392 e. The molecule has 0 radical (unpaired) electrons. The zero-order valence-electron chi connectivity index (χ0n) is 8.74. The molecule has 3 N–H and O–H groups in total. The molecule has 2 rings (SSSR count). The summed E-state index contributed by atoms with van der Waals surface area (Å²) in [5, 5.41) is 15.1. The van der Waals surface area contributed by atoms with Gasteiger partial charge in [0, 0.05) is 25.6 Å². The third-order valence-electron chi connectivity index (χ3n) is 3.01. The highest BCUT2D eigenvalue weighted by atomic mass is 16.5. The Hall–Kier alpha value is -0.650. The molecule has 0 bridgehead atoms. The molecule has 2 saturated heterocycles. The SMILES string of the molecule is O=C(NCC1CCOC1)C1CC(O)CN1. The van der Waals surface area contributed by atoms with E-state index < -0.39 is 0 Å². The highest BCUT2D eigenvalue weighted by Crippen LogP contribution is 2.11. The van der Waals surface area contributed by atoms with Gasteiger partial charge in [-0.1, -0.05) is 0 Å². The maximum atomic E-state index is 11.6. The molecule has 0 aliphatic carbocycles. The fourth-order valence-corrected chi connectivity index (χ4v) is 2.03. The van der Waals surface area contributed by atoms with Crippen LogP contribution < -0.4 is 10.6 Å². The van der Waals surface area contributed by atoms with E-state index in [1.165, 1.54) is 0 Å². The predicted molar refractivity (Wildman–Crippen MR) is 54.4 cm³/mol. The molecule has 2 aliphatic heterocycles. The standard InChI is InChI=1S/C10H18N2O3/c13-8-3-9(11-5-8)10(14)12-4-7-1-2-15-6-7/h7-9,11,13H,1-6H2,(H,12,14). The zero-order chi connectivity index (χ0) is 10.7. The van der Waals surface area contributed by atoms with Crippen LogP contribution in [0.25, 0.3) is 0 Å². The van der Waals surface area contributed by atoms with Gasteiger partial charge in [-0.2, -0.15) is 0 Å². The Morgan fingerprint density at radius 2 is 2.47 bits per heavy atom. The van der Waals surface area contributed by atoms with E-state index in [-0.39, 0.29) is 18.1 Å². The molecule has 5 nitrogen and oxygen atoms in total. The molecule has 3 unspecified atom stereocenters. The second-order valence-corrected chi connectivity index (χ2v) is 4.33. The van der Waals surface area contributed by atoms with Crippen molar-refractivity contribution >= 4 is 5.91 Å². The topological polar surface area (TPSA) is 70.6 Å². The highest BCUT2D eigenvalue weighted by molar-refractivity contribution is 5.82. The molecule has 0 saturated carbocycles. The van der Waals surface area contributed by atoms with Crippen LogP contribution in [0.2, 0.25) is 0 Å². The Morgan fingerprint density at radius 1 is 1.60 bits per heavy atom. The van der Waals surface area contributed by atoms with Crippen LogP contribution >= 0.6 is 0 Å². The van der Waals surface area contributed by atoms with Crippen LogP contribution in [0, 0.1) is 5.92 Å². The number of nitrogens with one attached hydrogen (secondary N) is 2. The number of rotatable bonds is 3. The summed E-state index contributed by atoms with van der Waals surface area (Å²) in [6.07, 6.45) is 1.17. The average molecular weight is 214 g/mol. The minimum absolute atomic E-state index is 0.00144. The van der Waals surface area contributed by atoms with E-state index in [1.54, 1.807) is 0 Å². The lowest BCUT2D eigenvalue weighted by Gasteiger charge is -2.13. The highest BCUT2D eigenvalue weighted by Gasteiger charge is 2.28. The Balaban J connectivity index is 1.67. The second kappa shape index (κ2) is 4.92. The van der Waals surface area contributed by atoms with Crippen molar-refractivity contribution < 1.29 is 14.6 Å². The molecular weight excluding hydrogens is 196 g/mol. The summed E-state index contributed by atoms with van der Waals surface area (Å²) < 4.78 is 5.22. The van der Waals surface area contributed by atoms with Crippen molar-refractivity contribution in [2.45, 2.75) is 25.0 Å². The molecule has 0 aromatic carbocycles. The number of amides is 1. The fourth-order valence-electron chi connectivity index (χ4n) is 2.03. The summed E-state index contributed by atoms with van der Waals surface area (Å²) in [7, 11) is 0. The van der Waals surface area contributed by atoms with E-state index in [0.717, 1.165) is 19.6 Å². The number of ether oxygens (including phenoxy) is 1. The number of aliphatic hydroxyl groups is 1. The lowest BCUT2D eigenvalue weighted by molar-refractivity contribution is -0.123. The van der Waals surface area contributed by atoms with Crippen LogP contribution in [-0.4, -0.2) is 49.5 Å². The van der Waals surface area contributed by atoms with Crippen molar-refractivity contribution in [3.05, 3.63) is 0 Å². The van der Waals surface area contributed by atoms with Crippen molar-refractivity contribution in [3.8, 4) is 0 Å². The van der Waals surface area contributed by atoms with Crippen molar-refractivity contribution in [2.75, 3.05) is 26.3 Å². The molecule has 2 aliphatic rings. The van der Waals surface area contributed by atoms with Crippen molar-refractivity contribution in [2.24, 2.45) is 5.92 Å². The van der Waals surface area contributed by atoms with Gasteiger partial charge in [0.2, 0.25) is 5.91 Å². The van der Waals surface area contributed by atoms with Crippen molar-refractivity contribution in [3.63, 3.8) is 0 Å². The third-order valence-corrected chi connectivity index (χ3v) is 3.01. The summed E-state index contributed by atoms with van der Waals surface area (Å²) in [5.41, 5.74) is 0. The molecule has 5 heteroatoms. The first-order valence-electron chi connectivity index (χ1n) is 5.52. The second-order valence-electron chi connectivity index (χ2n) is 4.33. The number of β-amino-alcohol motifs (C(OH)–C–C–N with tert-alkyl or cyclic N) is 1. The molecular formula is C10H18N2O3. The first-order valence-corrected chi connectivity index (χ1v) is 5.52. The van der Waals surface area contributed by atoms with Gasteiger partial charge in [0.25, 0.3) is 0 Å². The molecule has 2 heterocycles. The molecule has 0 aromatic heterocycles. The number of hydrogen-bond donors (Lipinski definition) is 3. The quantitative estimate of drug-likeness (QED) is 0.555. The van der Waals surface area contributed by atoms with Crippen LogP contribution in [0.5, 0.6) is 0 Å². The van der Waals surface area contributed by atoms with Gasteiger partial charge in [-0.05, 0) is 12.8 Å². The predicted octanol–water partition coefficient (Wildman–Crippen LogP) is -1.14. The Labute approximate surface area is 89.2 Å². The molecule has 86 valence electrons. The smallest absolute Gasteiger partial charge is 0.237 e. The van der Waals surface area contributed by atoms with Crippen LogP contribution in [0.1, 0.15) is 12.8 Å². The van der Waals surface area contributed by atoms with E-state index in [0.29, 0.717) is 25.4 Å². The number of carbonyl (C=O) groups is 1. The summed E-state index contributed by atoms with van der Waals surface area (Å²) in [5.74, 6) is 0.457. The maximum absolute atomic E-state index is 11.6. The van der Waals surface area contributed by atoms with Crippen molar-refractivity contribution in [1.29, 1.82) is 0 Å². The minimum Gasteiger partial charge on any atom is -0.392 e. The lowest BCUT2D eigenvalue weighted by atomic mass is 10.1. The summed E-state index contributed by atoms with van der Waals surface area (Å²) >= 11 is 0. The van der Waals surface area contributed by atoms with Gasteiger partial charge in [0.1, 0.15) is 0 Å². The number of hydrogen-bond acceptors (Lipinski definition) is 4. The van der Waals surface area contributed by atoms with Gasteiger partial charge < -0.3 is 20.5 Å². The first-order chi connectivity index (χ1) is 7.25. The van der Waals surface area contributed by atoms with Gasteiger partial charge in [-0.3, -0.25) is 4.79 Å². The summed E-state index contributed by atoms with van der Waals surface area (Å²) in [6, 6.07) is -0.220. The summed E-state index contributed by atoms with van der Waals surface area (Å²) in [6.45, 7) is 2.76. The van der Waals surface area contributed by atoms with E-state index in [2.05, 4.69) is 10.6 Å². The van der Waals surface area contributed by atoms with E-state index >= 15 is 0 Å². The molecule has 1 amide bonds. The van der Waals surface area contributed by atoms with E-state index in [9.17, 15) is 9.90 Å². The lowest BCUT2D eigenvalue weighted by Crippen LogP contribution is -2.42. The Bertz CT molecular complexity index is 229. The van der Waals surface area contributed by atoms with Gasteiger partial charge in [0.05, 0.1) is 18.8 Å². The normalized spacial score (nSPS) is 35.7. The van der Waals surface area contributed by atoms with Gasteiger partial charge >= 0.3 is 0 Å². The Morgan fingerprint density at radius 3 is 3.07 bits per heavy atom. The zero-order valence-corrected chi connectivity index (χ0v) is 8.74. The van der Waals surface area contributed by atoms with Crippen molar-refractivity contribution in [1.82, 2.24) is 10.6 Å². The molecule has 15 heavy (non-hydrogen) atoms. The molecule has 2 fully saturated rings. The number of aliphatic hydroxyl groups excluding tert-OH is 1. The van der Waals surface area contributed by atoms with Crippen LogP contribution in [0.4, 0.5) is 0 Å².